The number of aromatic nitrogens is 4. The summed E-state index contributed by atoms with van der Waals surface area (Å²) in [6.45, 7) is 2.09. The fraction of sp³-hybridized carbons (Fsp3) is 0.176. The minimum absolute atomic E-state index is 0.130. The number of carbonyl (C=O) groups excluding carboxylic acids is 1. The Labute approximate surface area is 149 Å². The van der Waals surface area contributed by atoms with Crippen LogP contribution >= 0.6 is 11.8 Å². The first-order valence-electron chi connectivity index (χ1n) is 7.75. The van der Waals surface area contributed by atoms with Gasteiger partial charge in [-0.3, -0.25) is 4.79 Å². The van der Waals surface area contributed by atoms with E-state index < -0.39 is 0 Å². The monoisotopic (exact) mass is 355 g/mol. The van der Waals surface area contributed by atoms with E-state index in [9.17, 15) is 9.90 Å². The number of hydrogen-bond donors (Lipinski definition) is 2. The number of aromatic hydroxyl groups is 1. The minimum atomic E-state index is -0.130. The van der Waals surface area contributed by atoms with Crippen molar-refractivity contribution in [2.24, 2.45) is 0 Å². The van der Waals surface area contributed by atoms with Crippen molar-refractivity contribution in [2.75, 3.05) is 11.1 Å². The summed E-state index contributed by atoms with van der Waals surface area (Å²) in [5, 5.41) is 24.2. The van der Waals surface area contributed by atoms with Gasteiger partial charge in [0.15, 0.2) is 0 Å². The molecule has 0 unspecified atom stereocenters. The van der Waals surface area contributed by atoms with Crippen molar-refractivity contribution in [1.29, 1.82) is 0 Å². The van der Waals surface area contributed by atoms with Crippen LogP contribution in [0.15, 0.2) is 53.7 Å². The molecule has 0 radical (unpaired) electrons. The van der Waals surface area contributed by atoms with Crippen molar-refractivity contribution in [3.05, 3.63) is 54.1 Å². The second kappa shape index (κ2) is 7.80. The average molecular weight is 355 g/mol. The Balaban J connectivity index is 1.61. The molecule has 0 aliphatic carbocycles. The normalized spacial score (nSPS) is 10.6. The number of thioether (sulfide) groups is 1. The molecule has 0 aliphatic rings. The smallest absolute Gasteiger partial charge is 0.234 e. The molecule has 25 heavy (non-hydrogen) atoms. The summed E-state index contributed by atoms with van der Waals surface area (Å²) in [5.74, 6) is 0.225. The van der Waals surface area contributed by atoms with Gasteiger partial charge >= 0.3 is 0 Å². The highest BCUT2D eigenvalue weighted by Crippen LogP contribution is 2.20. The van der Waals surface area contributed by atoms with Gasteiger partial charge in [-0.05, 0) is 58.8 Å². The lowest BCUT2D eigenvalue weighted by Gasteiger charge is -2.06. The molecule has 2 N–H and O–H groups in total. The summed E-state index contributed by atoms with van der Waals surface area (Å²) in [6.07, 6.45) is 0.962. The first-order valence-corrected chi connectivity index (χ1v) is 8.73. The van der Waals surface area contributed by atoms with E-state index in [1.165, 1.54) is 22.0 Å². The highest BCUT2D eigenvalue weighted by molar-refractivity contribution is 7.99. The number of amides is 1. The number of carbonyl (C=O) groups is 1. The van der Waals surface area contributed by atoms with Gasteiger partial charge in [0.1, 0.15) is 5.75 Å². The molecule has 3 rings (SSSR count). The maximum Gasteiger partial charge on any atom is 0.234 e. The van der Waals surface area contributed by atoms with E-state index >= 15 is 0 Å². The Morgan fingerprint density at radius 1 is 1.16 bits per heavy atom. The third-order valence-electron chi connectivity index (χ3n) is 3.51. The molecule has 8 heteroatoms. The number of phenols is 1. The molecule has 0 aliphatic heterocycles. The van der Waals surface area contributed by atoms with Crippen LogP contribution in [0.5, 0.6) is 5.75 Å². The van der Waals surface area contributed by atoms with Crippen LogP contribution in [0.25, 0.3) is 5.69 Å². The zero-order valence-electron chi connectivity index (χ0n) is 13.6. The summed E-state index contributed by atoms with van der Waals surface area (Å²) in [6, 6.07) is 14.3. The zero-order valence-corrected chi connectivity index (χ0v) is 14.4. The number of anilines is 1. The number of rotatable bonds is 6. The van der Waals surface area contributed by atoms with Gasteiger partial charge in [-0.25, -0.2) is 0 Å². The van der Waals surface area contributed by atoms with E-state index in [2.05, 4.69) is 27.8 Å². The maximum absolute atomic E-state index is 12.1. The second-order valence-corrected chi connectivity index (χ2v) is 6.22. The van der Waals surface area contributed by atoms with E-state index in [0.717, 1.165) is 12.1 Å². The fourth-order valence-corrected chi connectivity index (χ4v) is 2.87. The Morgan fingerprint density at radius 3 is 2.56 bits per heavy atom. The predicted molar refractivity (Wildman–Crippen MR) is 96.0 cm³/mol. The van der Waals surface area contributed by atoms with E-state index in [1.807, 2.05) is 24.3 Å². The quantitative estimate of drug-likeness (QED) is 0.660. The molecule has 0 spiro atoms. The van der Waals surface area contributed by atoms with Gasteiger partial charge in [0.2, 0.25) is 11.1 Å². The lowest BCUT2D eigenvalue weighted by atomic mass is 10.1. The molecule has 3 aromatic rings. The molecule has 0 bridgehead atoms. The number of benzene rings is 2. The number of phenolic OH excluding ortho intramolecular Hbond substituents is 1. The van der Waals surface area contributed by atoms with Crippen molar-refractivity contribution < 1.29 is 9.90 Å². The van der Waals surface area contributed by atoms with Gasteiger partial charge in [0, 0.05) is 5.69 Å². The Bertz CT molecular complexity index is 846. The fourth-order valence-electron chi connectivity index (χ4n) is 2.18. The zero-order chi connectivity index (χ0) is 17.6. The lowest BCUT2D eigenvalue weighted by molar-refractivity contribution is -0.113. The van der Waals surface area contributed by atoms with Crippen molar-refractivity contribution in [3.63, 3.8) is 0 Å². The molecule has 128 valence electrons. The van der Waals surface area contributed by atoms with Gasteiger partial charge in [-0.2, -0.15) is 4.68 Å². The van der Waals surface area contributed by atoms with Crippen LogP contribution in [-0.2, 0) is 11.2 Å². The molecule has 1 aromatic heterocycles. The first kappa shape index (κ1) is 17.0. The Morgan fingerprint density at radius 2 is 1.88 bits per heavy atom. The number of nitrogens with one attached hydrogen (secondary N) is 1. The summed E-state index contributed by atoms with van der Waals surface area (Å²) >= 11 is 1.24. The molecule has 2 aromatic carbocycles. The molecule has 0 saturated carbocycles. The highest BCUT2D eigenvalue weighted by Gasteiger charge is 2.12. The third-order valence-corrected chi connectivity index (χ3v) is 4.43. The van der Waals surface area contributed by atoms with E-state index in [-0.39, 0.29) is 17.4 Å². The van der Waals surface area contributed by atoms with Crippen molar-refractivity contribution in [2.45, 2.75) is 18.5 Å². The van der Waals surface area contributed by atoms with Gasteiger partial charge in [0.05, 0.1) is 11.4 Å². The van der Waals surface area contributed by atoms with Crippen LogP contribution < -0.4 is 5.32 Å². The largest absolute Gasteiger partial charge is 0.508 e. The summed E-state index contributed by atoms with van der Waals surface area (Å²) < 4.78 is 1.52. The van der Waals surface area contributed by atoms with E-state index in [1.54, 1.807) is 24.3 Å². The van der Waals surface area contributed by atoms with Gasteiger partial charge < -0.3 is 10.4 Å². The van der Waals surface area contributed by atoms with E-state index in [0.29, 0.717) is 10.8 Å². The van der Waals surface area contributed by atoms with Crippen LogP contribution in [0.3, 0.4) is 0 Å². The average Bonchev–Trinajstić information content (AvgIpc) is 3.10. The standard InChI is InChI=1S/C17H17N5O2S/c1-2-12-3-5-13(6-4-12)18-16(24)11-25-17-19-20-21-22(17)14-7-9-15(23)10-8-14/h3-10,23H,2,11H2,1H3,(H,18,24). The van der Waals surface area contributed by atoms with Gasteiger partial charge in [-0.15, -0.1) is 5.10 Å². The number of tetrazole rings is 1. The SMILES string of the molecule is CCc1ccc(NC(=O)CSc2nnnn2-c2ccc(O)cc2)cc1. The van der Waals surface area contributed by atoms with Crippen molar-refractivity contribution >= 4 is 23.4 Å². The van der Waals surface area contributed by atoms with Crippen LogP contribution in [0.2, 0.25) is 0 Å². The number of hydrogen-bond acceptors (Lipinski definition) is 6. The van der Waals surface area contributed by atoms with Crippen molar-refractivity contribution in [1.82, 2.24) is 20.2 Å². The Kier molecular flexibility index (Phi) is 5.30. The van der Waals surface area contributed by atoms with E-state index in [4.69, 9.17) is 0 Å². The molecular formula is C17H17N5O2S. The first-order chi connectivity index (χ1) is 12.2. The molecule has 0 fully saturated rings. The minimum Gasteiger partial charge on any atom is -0.508 e. The van der Waals surface area contributed by atoms with Gasteiger partial charge in [-0.1, -0.05) is 30.8 Å². The molecule has 0 saturated heterocycles. The molecule has 0 atom stereocenters. The summed E-state index contributed by atoms with van der Waals surface area (Å²) in [4.78, 5) is 12.1. The summed E-state index contributed by atoms with van der Waals surface area (Å²) in [7, 11) is 0. The van der Waals surface area contributed by atoms with Crippen LogP contribution in [0, 0.1) is 0 Å². The van der Waals surface area contributed by atoms with Crippen LogP contribution in [0.4, 0.5) is 5.69 Å². The molecule has 7 nitrogen and oxygen atoms in total. The molecule has 1 heterocycles. The Hall–Kier alpha value is -2.87. The highest BCUT2D eigenvalue weighted by atomic mass is 32.2. The third kappa shape index (κ3) is 4.36. The number of aryl methyl sites for hydroxylation is 1. The maximum atomic E-state index is 12.1. The molecular weight excluding hydrogens is 338 g/mol. The van der Waals surface area contributed by atoms with Gasteiger partial charge in [0.25, 0.3) is 0 Å². The second-order valence-electron chi connectivity index (χ2n) is 5.28. The lowest BCUT2D eigenvalue weighted by Crippen LogP contribution is -2.14. The topological polar surface area (TPSA) is 92.9 Å². The number of nitrogens with zero attached hydrogens (tertiary/aromatic N) is 4. The predicted octanol–water partition coefficient (Wildman–Crippen LogP) is 2.66. The van der Waals surface area contributed by atoms with Crippen LogP contribution in [0.1, 0.15) is 12.5 Å². The van der Waals surface area contributed by atoms with Crippen LogP contribution in [-0.4, -0.2) is 37.0 Å². The molecule has 1 amide bonds. The summed E-state index contributed by atoms with van der Waals surface area (Å²) in [5.41, 5.74) is 2.70. The van der Waals surface area contributed by atoms with Crippen molar-refractivity contribution in [3.8, 4) is 11.4 Å².